The number of hydrogen-bond acceptors (Lipinski definition) is 5. The summed E-state index contributed by atoms with van der Waals surface area (Å²) in [5.74, 6) is 0.804. The number of para-hydroxylation sites is 1. The Morgan fingerprint density at radius 1 is 1.11 bits per heavy atom. The minimum atomic E-state index is -0.531. The molecular weight excluding hydrogens is 442 g/mol. The molecule has 0 spiro atoms. The molecular formula is C27H33N5O3. The van der Waals surface area contributed by atoms with Crippen LogP contribution in [0.4, 0.5) is 0 Å². The third kappa shape index (κ3) is 5.18. The van der Waals surface area contributed by atoms with Crippen LogP contribution in [0, 0.1) is 0 Å². The van der Waals surface area contributed by atoms with Gasteiger partial charge in [0.2, 0.25) is 11.8 Å². The van der Waals surface area contributed by atoms with E-state index < -0.39 is 12.1 Å². The van der Waals surface area contributed by atoms with Crippen molar-refractivity contribution in [3.05, 3.63) is 65.9 Å². The maximum absolute atomic E-state index is 13.3. The quantitative estimate of drug-likeness (QED) is 0.440. The molecule has 1 aromatic heterocycles. The van der Waals surface area contributed by atoms with Crippen molar-refractivity contribution in [2.75, 3.05) is 33.8 Å². The first-order chi connectivity index (χ1) is 17.0. The van der Waals surface area contributed by atoms with E-state index in [0.717, 1.165) is 34.3 Å². The summed E-state index contributed by atoms with van der Waals surface area (Å²) in [7, 11) is 4.05. The number of amides is 2. The smallest absolute Gasteiger partial charge is 0.246 e. The fourth-order valence-corrected chi connectivity index (χ4v) is 4.98. The minimum Gasteiger partial charge on any atom is -0.492 e. The summed E-state index contributed by atoms with van der Waals surface area (Å²) >= 11 is 0. The Balaban J connectivity index is 1.16. The van der Waals surface area contributed by atoms with Gasteiger partial charge in [-0.15, -0.1) is 0 Å². The molecule has 0 bridgehead atoms. The van der Waals surface area contributed by atoms with Crippen LogP contribution in [0.1, 0.15) is 17.5 Å². The van der Waals surface area contributed by atoms with Crippen LogP contribution in [-0.4, -0.2) is 78.5 Å². The topological polar surface area (TPSA) is 89.7 Å². The van der Waals surface area contributed by atoms with Crippen LogP contribution in [0.5, 0.6) is 5.75 Å². The Labute approximate surface area is 205 Å². The van der Waals surface area contributed by atoms with Crippen molar-refractivity contribution in [1.82, 2.24) is 25.4 Å². The summed E-state index contributed by atoms with van der Waals surface area (Å²) in [6, 6.07) is 15.2. The molecule has 5 rings (SSSR count). The maximum Gasteiger partial charge on any atom is 0.246 e. The third-order valence-electron chi connectivity index (χ3n) is 6.93. The van der Waals surface area contributed by atoms with Crippen molar-refractivity contribution in [2.45, 2.75) is 37.5 Å². The van der Waals surface area contributed by atoms with Crippen LogP contribution < -0.4 is 15.4 Å². The number of aromatic nitrogens is 1. The second kappa shape index (κ2) is 10.1. The number of rotatable bonds is 9. The zero-order chi connectivity index (χ0) is 24.4. The van der Waals surface area contributed by atoms with Gasteiger partial charge in [0.05, 0.1) is 0 Å². The van der Waals surface area contributed by atoms with E-state index in [9.17, 15) is 9.59 Å². The lowest BCUT2D eigenvalue weighted by atomic mass is 10.0. The molecule has 0 saturated carbocycles. The highest BCUT2D eigenvalue weighted by atomic mass is 16.5. The molecule has 2 aliphatic rings. The van der Waals surface area contributed by atoms with Gasteiger partial charge in [-0.05, 0) is 49.8 Å². The van der Waals surface area contributed by atoms with Crippen LogP contribution >= 0.6 is 0 Å². The molecule has 3 aromatic rings. The second-order valence-electron chi connectivity index (χ2n) is 9.74. The first kappa shape index (κ1) is 23.4. The van der Waals surface area contributed by atoms with Gasteiger partial charge in [0.1, 0.15) is 24.4 Å². The minimum absolute atomic E-state index is 0.00315. The van der Waals surface area contributed by atoms with E-state index in [1.54, 1.807) is 4.90 Å². The number of aromatic amines is 1. The fourth-order valence-electron chi connectivity index (χ4n) is 4.98. The van der Waals surface area contributed by atoms with Crippen LogP contribution in [0.2, 0.25) is 0 Å². The summed E-state index contributed by atoms with van der Waals surface area (Å²) in [5, 5.41) is 7.60. The molecule has 3 atom stereocenters. The van der Waals surface area contributed by atoms with Crippen molar-refractivity contribution in [1.29, 1.82) is 0 Å². The Kier molecular flexibility index (Phi) is 6.74. The monoisotopic (exact) mass is 475 g/mol. The number of piperazine rings is 1. The van der Waals surface area contributed by atoms with Crippen LogP contribution in [0.15, 0.2) is 54.7 Å². The van der Waals surface area contributed by atoms with Crippen molar-refractivity contribution in [2.24, 2.45) is 0 Å². The van der Waals surface area contributed by atoms with Gasteiger partial charge in [-0.25, -0.2) is 0 Å². The van der Waals surface area contributed by atoms with Crippen molar-refractivity contribution in [3.63, 3.8) is 0 Å². The Hall–Kier alpha value is -3.36. The zero-order valence-electron chi connectivity index (χ0n) is 20.3. The van der Waals surface area contributed by atoms with Crippen LogP contribution in [0.25, 0.3) is 10.9 Å². The third-order valence-corrected chi connectivity index (χ3v) is 6.93. The number of carbonyl (C=O) groups excluding carboxylic acids is 2. The molecule has 3 heterocycles. The average Bonchev–Trinajstić information content (AvgIpc) is 3.47. The van der Waals surface area contributed by atoms with Gasteiger partial charge in [-0.3, -0.25) is 9.59 Å². The van der Waals surface area contributed by atoms with E-state index in [2.05, 4.69) is 32.7 Å². The number of hydrogen-bond donors (Lipinski definition) is 3. The molecule has 2 fully saturated rings. The maximum atomic E-state index is 13.3. The van der Waals surface area contributed by atoms with E-state index in [-0.39, 0.29) is 17.9 Å². The summed E-state index contributed by atoms with van der Waals surface area (Å²) in [6.07, 6.45) is 3.05. The standard InChI is InChI=1S/C27H33N5O3/c1-31(2)11-12-35-21-9-7-18(8-10-21)15-28-20-14-25-26(33)30-24(27(34)32(25)17-20)13-19-16-29-23-6-4-3-5-22(19)23/h3-10,16,20,24-25,28-29H,11-15,17H2,1-2H3,(H,30,33)/t20-,24-,25-/m0/s1. The number of ether oxygens (including phenoxy) is 1. The SMILES string of the molecule is CN(C)CCOc1ccc(CN[C@H]2C[C@H]3C(=O)N[C@@H](Cc4c[nH]c5ccccc45)C(=O)N3C2)cc1. The van der Waals surface area contributed by atoms with E-state index in [0.29, 0.717) is 32.5 Å². The number of nitrogens with zero attached hydrogens (tertiary/aromatic N) is 2. The van der Waals surface area contributed by atoms with Gasteiger partial charge in [-0.1, -0.05) is 30.3 Å². The lowest BCUT2D eigenvalue weighted by Gasteiger charge is -2.34. The largest absolute Gasteiger partial charge is 0.492 e. The fraction of sp³-hybridized carbons (Fsp3) is 0.407. The molecule has 0 radical (unpaired) electrons. The Morgan fingerprint density at radius 2 is 1.91 bits per heavy atom. The molecule has 35 heavy (non-hydrogen) atoms. The van der Waals surface area contributed by atoms with Crippen LogP contribution in [-0.2, 0) is 22.6 Å². The molecule has 8 nitrogen and oxygen atoms in total. The predicted octanol–water partition coefficient (Wildman–Crippen LogP) is 1.91. The van der Waals surface area contributed by atoms with Gasteiger partial charge >= 0.3 is 0 Å². The molecule has 2 aromatic carbocycles. The Bertz CT molecular complexity index is 1190. The number of nitrogens with one attached hydrogen (secondary N) is 3. The Morgan fingerprint density at radius 3 is 2.71 bits per heavy atom. The van der Waals surface area contributed by atoms with E-state index in [1.807, 2.05) is 56.7 Å². The van der Waals surface area contributed by atoms with Gasteiger partial charge in [-0.2, -0.15) is 0 Å². The van der Waals surface area contributed by atoms with Gasteiger partial charge in [0.15, 0.2) is 0 Å². The molecule has 0 unspecified atom stereocenters. The van der Waals surface area contributed by atoms with E-state index in [4.69, 9.17) is 4.74 Å². The highest BCUT2D eigenvalue weighted by molar-refractivity contribution is 5.98. The summed E-state index contributed by atoms with van der Waals surface area (Å²) in [4.78, 5) is 33.2. The van der Waals surface area contributed by atoms with Crippen molar-refractivity contribution in [3.8, 4) is 5.75 Å². The van der Waals surface area contributed by atoms with Gasteiger partial charge in [0.25, 0.3) is 0 Å². The van der Waals surface area contributed by atoms with Gasteiger partial charge < -0.3 is 30.2 Å². The highest BCUT2D eigenvalue weighted by Crippen LogP contribution is 2.26. The van der Waals surface area contributed by atoms with Crippen molar-refractivity contribution >= 4 is 22.7 Å². The molecule has 184 valence electrons. The molecule has 0 aliphatic carbocycles. The molecule has 8 heteroatoms. The lowest BCUT2D eigenvalue weighted by molar-refractivity contribution is -0.146. The highest BCUT2D eigenvalue weighted by Gasteiger charge is 2.46. The number of H-pyrrole nitrogens is 1. The normalized spacial score (nSPS) is 22.0. The zero-order valence-corrected chi connectivity index (χ0v) is 20.3. The van der Waals surface area contributed by atoms with Gasteiger partial charge in [0, 0.05) is 49.2 Å². The summed E-state index contributed by atoms with van der Waals surface area (Å²) in [5.41, 5.74) is 3.22. The van der Waals surface area contributed by atoms with E-state index >= 15 is 0 Å². The summed E-state index contributed by atoms with van der Waals surface area (Å²) in [6.45, 7) is 2.75. The van der Waals surface area contributed by atoms with Crippen molar-refractivity contribution < 1.29 is 14.3 Å². The number of carbonyl (C=O) groups is 2. The van der Waals surface area contributed by atoms with Crippen LogP contribution in [0.3, 0.4) is 0 Å². The first-order valence-corrected chi connectivity index (χ1v) is 12.2. The summed E-state index contributed by atoms with van der Waals surface area (Å²) < 4.78 is 5.76. The average molecular weight is 476 g/mol. The first-order valence-electron chi connectivity index (χ1n) is 12.2. The number of likely N-dealkylation sites (N-methyl/N-ethyl adjacent to an activating group) is 1. The molecule has 2 saturated heterocycles. The van der Waals surface area contributed by atoms with E-state index in [1.165, 1.54) is 0 Å². The lowest BCUT2D eigenvalue weighted by Crippen LogP contribution is -2.61. The molecule has 2 amide bonds. The predicted molar refractivity (Wildman–Crippen MR) is 135 cm³/mol. The number of fused-ring (bicyclic) bond motifs is 2. The second-order valence-corrected chi connectivity index (χ2v) is 9.74. The molecule has 3 N–H and O–H groups in total. The number of benzene rings is 2. The molecule has 2 aliphatic heterocycles.